The van der Waals surface area contributed by atoms with Gasteiger partial charge in [0, 0.05) is 5.92 Å². The van der Waals surface area contributed by atoms with E-state index in [0.29, 0.717) is 17.1 Å². The van der Waals surface area contributed by atoms with Crippen LogP contribution in [0.5, 0.6) is 0 Å². The second kappa shape index (κ2) is 5.31. The highest BCUT2D eigenvalue weighted by atomic mass is 16.3. The van der Waals surface area contributed by atoms with Crippen LogP contribution in [-0.4, -0.2) is 17.0 Å². The number of hydrogen-bond acceptors (Lipinski definition) is 2. The maximum absolute atomic E-state index is 12.2. The summed E-state index contributed by atoms with van der Waals surface area (Å²) >= 11 is 0. The lowest BCUT2D eigenvalue weighted by Crippen LogP contribution is -2.54. The summed E-state index contributed by atoms with van der Waals surface area (Å²) < 4.78 is 0. The third kappa shape index (κ3) is 2.19. The van der Waals surface area contributed by atoms with Crippen molar-refractivity contribution in [2.24, 2.45) is 40.4 Å². The summed E-state index contributed by atoms with van der Waals surface area (Å²) in [6, 6.07) is 0. The minimum atomic E-state index is -0.0490. The fraction of sp³-hybridized carbons (Fsp3) is 0.952. The van der Waals surface area contributed by atoms with Crippen molar-refractivity contribution in [2.45, 2.75) is 84.7 Å². The molecule has 4 aliphatic rings. The lowest BCUT2D eigenvalue weighted by Gasteiger charge is -2.60. The van der Waals surface area contributed by atoms with Crippen LogP contribution in [0.15, 0.2) is 0 Å². The summed E-state index contributed by atoms with van der Waals surface area (Å²) in [4.78, 5) is 12.2. The Bertz CT molecular complexity index is 500. The van der Waals surface area contributed by atoms with Crippen LogP contribution >= 0.6 is 0 Å². The second-order valence-corrected chi connectivity index (χ2v) is 9.87. The number of carbonyl (C=O) groups excluding carboxylic acids is 1. The SMILES string of the molecule is CC(=O)[C@H]1CC[C@H]2[C@@H]3CCC4C[C@@H](O)CC[C@]4(C)[C@H]3CC[C@]12C. The molecule has 4 aliphatic carbocycles. The molecule has 0 amide bonds. The van der Waals surface area contributed by atoms with Gasteiger partial charge in [-0.15, -0.1) is 0 Å². The van der Waals surface area contributed by atoms with Gasteiger partial charge in [-0.2, -0.15) is 0 Å². The summed E-state index contributed by atoms with van der Waals surface area (Å²) in [6.07, 6.45) is 10.9. The lowest BCUT2D eigenvalue weighted by atomic mass is 9.44. The van der Waals surface area contributed by atoms with Crippen LogP contribution in [0, 0.1) is 40.4 Å². The van der Waals surface area contributed by atoms with Gasteiger partial charge in [-0.1, -0.05) is 13.8 Å². The van der Waals surface area contributed by atoms with E-state index in [4.69, 9.17) is 0 Å². The fourth-order valence-corrected chi connectivity index (χ4v) is 7.90. The molecule has 0 radical (unpaired) electrons. The van der Waals surface area contributed by atoms with E-state index in [1.54, 1.807) is 0 Å². The van der Waals surface area contributed by atoms with Crippen molar-refractivity contribution in [1.29, 1.82) is 0 Å². The van der Waals surface area contributed by atoms with Crippen molar-refractivity contribution in [1.82, 2.24) is 0 Å². The normalized spacial score (nSPS) is 55.7. The van der Waals surface area contributed by atoms with Crippen molar-refractivity contribution in [3.05, 3.63) is 0 Å². The van der Waals surface area contributed by atoms with Gasteiger partial charge in [-0.05, 0) is 99.2 Å². The minimum absolute atomic E-state index is 0.0490. The Balaban J connectivity index is 1.61. The van der Waals surface area contributed by atoms with Crippen molar-refractivity contribution in [3.63, 3.8) is 0 Å². The maximum Gasteiger partial charge on any atom is 0.133 e. The van der Waals surface area contributed by atoms with Gasteiger partial charge in [0.05, 0.1) is 6.10 Å². The van der Waals surface area contributed by atoms with E-state index in [1.165, 1.54) is 38.5 Å². The first-order valence-corrected chi connectivity index (χ1v) is 10.0. The van der Waals surface area contributed by atoms with Gasteiger partial charge < -0.3 is 5.11 Å². The van der Waals surface area contributed by atoms with Crippen molar-refractivity contribution in [2.75, 3.05) is 0 Å². The van der Waals surface area contributed by atoms with Crippen molar-refractivity contribution >= 4 is 5.78 Å². The fourth-order valence-electron chi connectivity index (χ4n) is 7.90. The zero-order valence-corrected chi connectivity index (χ0v) is 15.2. The first-order chi connectivity index (χ1) is 10.9. The maximum atomic E-state index is 12.2. The van der Waals surface area contributed by atoms with Gasteiger partial charge in [-0.3, -0.25) is 4.79 Å². The van der Waals surface area contributed by atoms with E-state index in [-0.39, 0.29) is 11.5 Å². The molecule has 0 aromatic rings. The highest BCUT2D eigenvalue weighted by Gasteiger charge is 2.60. The second-order valence-electron chi connectivity index (χ2n) is 9.87. The minimum Gasteiger partial charge on any atom is -0.393 e. The molecule has 4 rings (SSSR count). The summed E-state index contributed by atoms with van der Waals surface area (Å²) in [7, 11) is 0. The van der Waals surface area contributed by atoms with Gasteiger partial charge in [-0.25, -0.2) is 0 Å². The van der Waals surface area contributed by atoms with E-state index in [2.05, 4.69) is 13.8 Å². The Morgan fingerprint density at radius 1 is 0.913 bits per heavy atom. The third-order valence-corrected chi connectivity index (χ3v) is 9.13. The molecule has 0 aromatic heterocycles. The smallest absolute Gasteiger partial charge is 0.133 e. The number of aliphatic hydroxyl groups excluding tert-OH is 1. The molecule has 0 aliphatic heterocycles. The highest BCUT2D eigenvalue weighted by molar-refractivity contribution is 5.79. The molecule has 4 saturated carbocycles. The molecule has 0 heterocycles. The average Bonchev–Trinajstić information content (AvgIpc) is 2.85. The first-order valence-electron chi connectivity index (χ1n) is 10.0. The van der Waals surface area contributed by atoms with Crippen LogP contribution in [0.2, 0.25) is 0 Å². The van der Waals surface area contributed by atoms with Gasteiger partial charge in [0.15, 0.2) is 0 Å². The highest BCUT2D eigenvalue weighted by Crippen LogP contribution is 2.67. The molecule has 4 fully saturated rings. The summed E-state index contributed by atoms with van der Waals surface area (Å²) in [5.74, 6) is 3.97. The third-order valence-electron chi connectivity index (χ3n) is 9.13. The first kappa shape index (κ1) is 16.1. The molecule has 0 spiro atoms. The van der Waals surface area contributed by atoms with Crippen LogP contribution < -0.4 is 0 Å². The Morgan fingerprint density at radius 3 is 2.35 bits per heavy atom. The van der Waals surface area contributed by atoms with Gasteiger partial charge in [0.2, 0.25) is 0 Å². The number of hydrogen-bond donors (Lipinski definition) is 1. The Labute approximate surface area is 141 Å². The quantitative estimate of drug-likeness (QED) is 0.767. The zero-order valence-electron chi connectivity index (χ0n) is 15.2. The molecule has 0 aromatic carbocycles. The van der Waals surface area contributed by atoms with Crippen LogP contribution in [0.4, 0.5) is 0 Å². The van der Waals surface area contributed by atoms with Gasteiger partial charge >= 0.3 is 0 Å². The number of carbonyl (C=O) groups is 1. The van der Waals surface area contributed by atoms with Crippen LogP contribution in [0.25, 0.3) is 0 Å². The zero-order chi connectivity index (χ0) is 16.4. The van der Waals surface area contributed by atoms with Crippen LogP contribution in [0.1, 0.15) is 78.6 Å². The summed E-state index contributed by atoms with van der Waals surface area (Å²) in [5, 5.41) is 10.1. The number of Topliss-reactive ketones (excluding diaryl/α,β-unsaturated/α-hetero) is 1. The largest absolute Gasteiger partial charge is 0.393 e. The number of rotatable bonds is 1. The van der Waals surface area contributed by atoms with E-state index < -0.39 is 0 Å². The monoisotopic (exact) mass is 318 g/mol. The lowest BCUT2D eigenvalue weighted by molar-refractivity contribution is -0.138. The predicted octanol–water partition coefficient (Wildman–Crippen LogP) is 4.60. The molecular formula is C21H34O2. The van der Waals surface area contributed by atoms with Crippen molar-refractivity contribution < 1.29 is 9.90 Å². The van der Waals surface area contributed by atoms with Crippen molar-refractivity contribution in [3.8, 4) is 0 Å². The average molecular weight is 319 g/mol. The molecule has 130 valence electrons. The molecular weight excluding hydrogens is 284 g/mol. The van der Waals surface area contributed by atoms with E-state index in [9.17, 15) is 9.90 Å². The Hall–Kier alpha value is -0.370. The standard InChI is InChI=1S/C21H34O2/c1-13(22)17-6-7-18-16-5-4-14-12-15(23)8-10-20(14,2)19(16)9-11-21(17,18)3/h14-19,23H,4-12H2,1-3H3/t14?,15-,16-,17+,18-,19-,20-,21+/m0/s1. The Morgan fingerprint density at radius 2 is 1.61 bits per heavy atom. The van der Waals surface area contributed by atoms with Crippen LogP contribution in [-0.2, 0) is 4.79 Å². The van der Waals surface area contributed by atoms with Gasteiger partial charge in [0.25, 0.3) is 0 Å². The molecule has 1 N–H and O–H groups in total. The van der Waals surface area contributed by atoms with E-state index in [0.717, 1.165) is 42.9 Å². The number of aliphatic hydroxyl groups is 1. The summed E-state index contributed by atoms with van der Waals surface area (Å²) in [6.45, 7) is 6.80. The number of ketones is 1. The molecule has 2 nitrogen and oxygen atoms in total. The van der Waals surface area contributed by atoms with E-state index in [1.807, 2.05) is 6.92 Å². The van der Waals surface area contributed by atoms with Gasteiger partial charge in [0.1, 0.15) is 5.78 Å². The summed E-state index contributed by atoms with van der Waals surface area (Å²) in [5.41, 5.74) is 0.738. The topological polar surface area (TPSA) is 37.3 Å². The molecule has 1 unspecified atom stereocenters. The molecule has 0 bridgehead atoms. The molecule has 0 saturated heterocycles. The predicted molar refractivity (Wildman–Crippen MR) is 91.9 cm³/mol. The van der Waals surface area contributed by atoms with Crippen LogP contribution in [0.3, 0.4) is 0 Å². The number of fused-ring (bicyclic) bond motifs is 5. The molecule has 2 heteroatoms. The molecule has 23 heavy (non-hydrogen) atoms. The van der Waals surface area contributed by atoms with E-state index >= 15 is 0 Å². The Kier molecular flexibility index (Phi) is 3.72. The molecule has 8 atom stereocenters.